The maximum atomic E-state index is 5.36. The van der Waals surface area contributed by atoms with Crippen molar-refractivity contribution in [2.75, 3.05) is 0 Å². The molecular formula is C62H44N5+. The minimum Gasteiger partial charge on any atom is -0.309 e. The van der Waals surface area contributed by atoms with Gasteiger partial charge < -0.3 is 9.13 Å². The zero-order chi connectivity index (χ0) is 44.2. The molecule has 0 saturated carbocycles. The number of hydrogen-bond donors (Lipinski definition) is 1. The van der Waals surface area contributed by atoms with E-state index in [0.717, 1.165) is 45.9 Å². The number of amidine groups is 2. The van der Waals surface area contributed by atoms with E-state index in [1.165, 1.54) is 87.4 Å². The van der Waals surface area contributed by atoms with Crippen molar-refractivity contribution in [3.63, 3.8) is 0 Å². The number of rotatable bonds is 5. The molecule has 0 saturated heterocycles. The van der Waals surface area contributed by atoms with Crippen molar-refractivity contribution in [1.82, 2.24) is 9.13 Å². The summed E-state index contributed by atoms with van der Waals surface area (Å²) < 4.78 is 5.04. The fourth-order valence-electron chi connectivity index (χ4n) is 11.2. The molecule has 0 bridgehead atoms. The molecule has 2 unspecified atom stereocenters. The smallest absolute Gasteiger partial charge is 0.235 e. The van der Waals surface area contributed by atoms with Gasteiger partial charge in [0.1, 0.15) is 0 Å². The van der Waals surface area contributed by atoms with Crippen LogP contribution in [-0.4, -0.2) is 20.8 Å². The second-order valence-corrected chi connectivity index (χ2v) is 18.4. The van der Waals surface area contributed by atoms with E-state index in [-0.39, 0.29) is 6.17 Å². The number of para-hydroxylation sites is 2. The molecule has 10 aromatic carbocycles. The second kappa shape index (κ2) is 14.8. The summed E-state index contributed by atoms with van der Waals surface area (Å²) in [7, 11) is 0. The van der Waals surface area contributed by atoms with Crippen molar-refractivity contribution >= 4 is 93.5 Å². The molecule has 67 heavy (non-hydrogen) atoms. The topological polar surface area (TPSA) is 51.2 Å². The van der Waals surface area contributed by atoms with E-state index >= 15 is 0 Å². The Hall–Kier alpha value is -8.38. The Balaban J connectivity index is 0.952. The van der Waals surface area contributed by atoms with E-state index in [4.69, 9.17) is 9.98 Å². The molecular weight excluding hydrogens is 815 g/mol. The molecule has 0 spiro atoms. The third-order valence-electron chi connectivity index (χ3n) is 14.3. The first-order valence-corrected chi connectivity index (χ1v) is 23.4. The predicted octanol–water partition coefficient (Wildman–Crippen LogP) is 14.0. The normalized spacial score (nSPS) is 16.1. The third-order valence-corrected chi connectivity index (χ3v) is 14.3. The van der Waals surface area contributed by atoms with Crippen LogP contribution in [0, 0.1) is 5.92 Å². The van der Waals surface area contributed by atoms with Gasteiger partial charge in [-0.3, -0.25) is 5.32 Å². The average molecular weight is 859 g/mol. The summed E-state index contributed by atoms with van der Waals surface area (Å²) in [6.07, 6.45) is 5.59. The third kappa shape index (κ3) is 5.98. The first kappa shape index (κ1) is 37.9. The average Bonchev–Trinajstić information content (AvgIpc) is 3.89. The number of aromatic nitrogens is 2. The number of aliphatic imine (C=N–C) groups is 2. The van der Waals surface area contributed by atoms with Gasteiger partial charge in [-0.1, -0.05) is 165 Å². The van der Waals surface area contributed by atoms with Crippen molar-refractivity contribution in [2.45, 2.75) is 19.5 Å². The van der Waals surface area contributed by atoms with Crippen LogP contribution in [0.3, 0.4) is 0 Å². The lowest BCUT2D eigenvalue weighted by Crippen LogP contribution is -2.90. The summed E-state index contributed by atoms with van der Waals surface area (Å²) in [6, 6.07) is 73.1. The zero-order valence-electron chi connectivity index (χ0n) is 36.9. The predicted molar refractivity (Wildman–Crippen MR) is 280 cm³/mol. The molecule has 2 aliphatic rings. The van der Waals surface area contributed by atoms with Crippen molar-refractivity contribution in [1.29, 1.82) is 0 Å². The van der Waals surface area contributed by atoms with Gasteiger partial charge in [0.15, 0.2) is 5.84 Å². The SMILES string of the molecule is CC1C=Cc2c(c3ccccc3n2-c2c3ccccc3cc3c2c2ccccc2n3-c2ccc3ccc(C4=NC(c5ccc6ccc7ccccc7c6c5)=NC(c5ccccc5)[NH2+]4)cc3c2)C1. The van der Waals surface area contributed by atoms with Crippen molar-refractivity contribution in [2.24, 2.45) is 15.9 Å². The molecule has 14 rings (SSSR count). The molecule has 5 heteroatoms. The number of benzene rings is 10. The van der Waals surface area contributed by atoms with Gasteiger partial charge in [-0.2, -0.15) is 4.99 Å². The number of hydrogen-bond acceptors (Lipinski definition) is 2. The van der Waals surface area contributed by atoms with E-state index in [2.05, 4.69) is 234 Å². The zero-order valence-corrected chi connectivity index (χ0v) is 36.9. The largest absolute Gasteiger partial charge is 0.309 e. The first-order chi connectivity index (χ1) is 33.1. The fourth-order valence-corrected chi connectivity index (χ4v) is 11.2. The van der Waals surface area contributed by atoms with Gasteiger partial charge in [0.25, 0.3) is 0 Å². The lowest BCUT2D eigenvalue weighted by atomic mass is 9.93. The Morgan fingerprint density at radius 1 is 0.493 bits per heavy atom. The van der Waals surface area contributed by atoms with Gasteiger partial charge in [-0.05, 0) is 110 Å². The quantitative estimate of drug-likeness (QED) is 0.168. The van der Waals surface area contributed by atoms with Gasteiger partial charge in [-0.25, -0.2) is 4.99 Å². The Morgan fingerprint density at radius 2 is 1.15 bits per heavy atom. The standard InChI is InChI=1S/C62H43N5/c1-38-23-32-56-53(33-38)50-19-9-11-21-54(50)67(56)59-49-18-8-6-16-43(49)37-57-58(59)51-20-10-12-22-55(51)66(57)47-31-30-39-24-28-44(34-46(39)35-47)61-63-60(42-14-3-2-4-15-42)64-62(65-61)45-29-27-41-26-25-40-13-5-7-17-48(40)52(41)36-45/h2-32,34-38,60H,33H2,1H3,(H,63,64,65)/p+1. The van der Waals surface area contributed by atoms with E-state index in [1.807, 2.05) is 0 Å². The summed E-state index contributed by atoms with van der Waals surface area (Å²) in [5, 5.41) is 15.7. The van der Waals surface area contributed by atoms with Crippen LogP contribution in [0.4, 0.5) is 0 Å². The van der Waals surface area contributed by atoms with Gasteiger partial charge in [-0.15, -0.1) is 0 Å². The Bertz CT molecular complexity index is 4130. The number of nitrogens with zero attached hydrogens (tertiary/aromatic N) is 4. The summed E-state index contributed by atoms with van der Waals surface area (Å²) in [4.78, 5) is 10.7. The molecule has 1 aliphatic heterocycles. The molecule has 5 nitrogen and oxygen atoms in total. The lowest BCUT2D eigenvalue weighted by Gasteiger charge is -2.19. The van der Waals surface area contributed by atoms with Gasteiger partial charge in [0.05, 0.1) is 27.8 Å². The Labute approximate surface area is 387 Å². The minimum absolute atomic E-state index is 0.183. The molecule has 2 aromatic heterocycles. The Kier molecular flexibility index (Phi) is 8.40. The molecule has 1 aliphatic carbocycles. The van der Waals surface area contributed by atoms with Crippen LogP contribution in [0.1, 0.15) is 41.0 Å². The minimum atomic E-state index is -0.183. The molecule has 0 amide bonds. The van der Waals surface area contributed by atoms with Crippen molar-refractivity contribution in [3.05, 3.63) is 234 Å². The van der Waals surface area contributed by atoms with Gasteiger partial charge in [0.2, 0.25) is 12.0 Å². The molecule has 2 N–H and O–H groups in total. The Morgan fingerprint density at radius 3 is 2.00 bits per heavy atom. The monoisotopic (exact) mass is 858 g/mol. The number of nitrogens with two attached hydrogens (primary N) is 1. The highest BCUT2D eigenvalue weighted by molar-refractivity contribution is 6.21. The maximum Gasteiger partial charge on any atom is 0.235 e. The van der Waals surface area contributed by atoms with Crippen molar-refractivity contribution < 1.29 is 5.32 Å². The van der Waals surface area contributed by atoms with E-state index in [9.17, 15) is 0 Å². The highest BCUT2D eigenvalue weighted by atomic mass is 15.2. The van der Waals surface area contributed by atoms with Crippen LogP contribution in [0.2, 0.25) is 0 Å². The van der Waals surface area contributed by atoms with Crippen LogP contribution in [-0.2, 0) is 6.42 Å². The van der Waals surface area contributed by atoms with E-state index in [0.29, 0.717) is 5.92 Å². The van der Waals surface area contributed by atoms with Crippen LogP contribution in [0.5, 0.6) is 0 Å². The molecule has 3 heterocycles. The second-order valence-electron chi connectivity index (χ2n) is 18.4. The highest BCUT2D eigenvalue weighted by Crippen LogP contribution is 2.44. The molecule has 0 fully saturated rings. The van der Waals surface area contributed by atoms with E-state index < -0.39 is 0 Å². The highest BCUT2D eigenvalue weighted by Gasteiger charge is 2.28. The number of quaternary nitrogens is 1. The van der Waals surface area contributed by atoms with Crippen LogP contribution < -0.4 is 5.32 Å². The number of fused-ring (bicyclic) bond motifs is 11. The molecule has 12 aromatic rings. The summed E-state index contributed by atoms with van der Waals surface area (Å²) in [6.45, 7) is 2.32. The number of allylic oxidation sites excluding steroid dienone is 1. The van der Waals surface area contributed by atoms with Crippen molar-refractivity contribution in [3.8, 4) is 11.4 Å². The summed E-state index contributed by atoms with van der Waals surface area (Å²) in [5.74, 6) is 2.15. The fraction of sp³-hybridized carbons (Fsp3) is 0.0645. The molecule has 0 radical (unpaired) electrons. The lowest BCUT2D eigenvalue weighted by molar-refractivity contribution is -0.586. The molecule has 316 valence electrons. The van der Waals surface area contributed by atoms with Crippen LogP contribution in [0.15, 0.2) is 216 Å². The van der Waals surface area contributed by atoms with E-state index in [1.54, 1.807) is 0 Å². The maximum absolute atomic E-state index is 5.36. The van der Waals surface area contributed by atoms with Gasteiger partial charge >= 0.3 is 0 Å². The summed E-state index contributed by atoms with van der Waals surface area (Å²) in [5.41, 5.74) is 11.9. The summed E-state index contributed by atoms with van der Waals surface area (Å²) >= 11 is 0. The first-order valence-electron chi connectivity index (χ1n) is 23.4. The van der Waals surface area contributed by atoms with Crippen LogP contribution >= 0.6 is 0 Å². The van der Waals surface area contributed by atoms with Crippen LogP contribution in [0.25, 0.3) is 93.2 Å². The molecule has 2 atom stereocenters. The van der Waals surface area contributed by atoms with Gasteiger partial charge in [0, 0.05) is 44.1 Å².